The summed E-state index contributed by atoms with van der Waals surface area (Å²) in [6.45, 7) is 5.23. The molecular formula is C24H38ClN7. The zero-order valence-corrected chi connectivity index (χ0v) is 20.3. The second-order valence-electron chi connectivity index (χ2n) is 9.18. The lowest BCUT2D eigenvalue weighted by molar-refractivity contribution is 0.198. The fourth-order valence-electron chi connectivity index (χ4n) is 5.26. The summed E-state index contributed by atoms with van der Waals surface area (Å²) in [6.07, 6.45) is 9.47. The van der Waals surface area contributed by atoms with Crippen molar-refractivity contribution in [2.24, 2.45) is 15.7 Å². The van der Waals surface area contributed by atoms with Gasteiger partial charge in [-0.25, -0.2) is 4.99 Å². The smallest absolute Gasteiger partial charge is 0.223 e. The Balaban J connectivity index is 1.62. The molecule has 1 aromatic rings. The molecule has 8 heteroatoms. The third-order valence-corrected chi connectivity index (χ3v) is 7.35. The van der Waals surface area contributed by atoms with E-state index in [-0.39, 0.29) is 6.29 Å². The van der Waals surface area contributed by atoms with Crippen molar-refractivity contribution in [2.45, 2.75) is 76.7 Å². The van der Waals surface area contributed by atoms with Crippen LogP contribution < -0.4 is 16.0 Å². The number of likely N-dealkylation sites (tertiary alicyclic amines) is 1. The highest BCUT2D eigenvalue weighted by Crippen LogP contribution is 2.27. The standard InChI is InChI=1S/C24H38ClN7/c1-3-31-16-8-11-21(31)17-27-23-28-22(26)32(20-9-6-4-5-7-10-20)24(29-23)30(2)19-14-12-18(25)13-15-19/h12-15,20-22H,3-11,16-17,26H2,1-2H3,(H,27,28). The molecule has 0 aromatic heterocycles. The van der Waals surface area contributed by atoms with Crippen LogP contribution in [0.2, 0.25) is 5.02 Å². The first-order valence-electron chi connectivity index (χ1n) is 12.2. The number of aliphatic imine (C=N–C) groups is 2. The van der Waals surface area contributed by atoms with Gasteiger partial charge in [0.1, 0.15) is 0 Å². The minimum atomic E-state index is -0.343. The van der Waals surface area contributed by atoms with Crippen molar-refractivity contribution in [2.75, 3.05) is 31.6 Å². The van der Waals surface area contributed by atoms with Gasteiger partial charge in [0.05, 0.1) is 6.54 Å². The first-order valence-corrected chi connectivity index (χ1v) is 12.6. The maximum absolute atomic E-state index is 6.71. The Hall–Kier alpha value is -1.83. The van der Waals surface area contributed by atoms with Crippen molar-refractivity contribution in [1.29, 1.82) is 0 Å². The number of anilines is 1. The van der Waals surface area contributed by atoms with Crippen molar-refractivity contribution < 1.29 is 0 Å². The molecule has 2 unspecified atom stereocenters. The summed E-state index contributed by atoms with van der Waals surface area (Å²) in [7, 11) is 2.05. The number of nitrogens with one attached hydrogen (secondary N) is 1. The fraction of sp³-hybridized carbons (Fsp3) is 0.667. The molecule has 2 fully saturated rings. The molecule has 2 heterocycles. The van der Waals surface area contributed by atoms with Gasteiger partial charge in [-0.05, 0) is 63.0 Å². The Morgan fingerprint density at radius 2 is 1.84 bits per heavy atom. The largest absolute Gasteiger partial charge is 0.322 e. The van der Waals surface area contributed by atoms with Gasteiger partial charge in [-0.15, -0.1) is 0 Å². The van der Waals surface area contributed by atoms with Crippen LogP contribution in [0.3, 0.4) is 0 Å². The van der Waals surface area contributed by atoms with Crippen molar-refractivity contribution in [3.8, 4) is 0 Å². The van der Waals surface area contributed by atoms with Gasteiger partial charge in [0.15, 0.2) is 6.29 Å². The van der Waals surface area contributed by atoms with Crippen LogP contribution in [-0.4, -0.2) is 66.8 Å². The highest BCUT2D eigenvalue weighted by atomic mass is 35.5. The minimum absolute atomic E-state index is 0.343. The van der Waals surface area contributed by atoms with Crippen LogP contribution in [0.15, 0.2) is 34.3 Å². The van der Waals surface area contributed by atoms with E-state index in [2.05, 4.69) is 34.0 Å². The summed E-state index contributed by atoms with van der Waals surface area (Å²) < 4.78 is 0. The predicted octanol–water partition coefficient (Wildman–Crippen LogP) is 3.84. The van der Waals surface area contributed by atoms with Crippen molar-refractivity contribution in [3.05, 3.63) is 29.3 Å². The van der Waals surface area contributed by atoms with Gasteiger partial charge in [-0.3, -0.25) is 10.6 Å². The maximum atomic E-state index is 6.71. The number of hydrogen-bond acceptors (Lipinski definition) is 5. The summed E-state index contributed by atoms with van der Waals surface area (Å²) in [6, 6.07) is 8.76. The Morgan fingerprint density at radius 1 is 1.12 bits per heavy atom. The van der Waals surface area contributed by atoms with E-state index < -0.39 is 0 Å². The number of nitrogens with zero attached hydrogens (tertiary/aromatic N) is 5. The van der Waals surface area contributed by atoms with E-state index in [0.717, 1.165) is 42.6 Å². The van der Waals surface area contributed by atoms with Gasteiger partial charge in [-0.2, -0.15) is 4.99 Å². The Labute approximate surface area is 197 Å². The highest BCUT2D eigenvalue weighted by Gasteiger charge is 2.34. The molecule has 3 N–H and O–H groups in total. The number of halogens is 1. The lowest BCUT2D eigenvalue weighted by atomic mass is 10.1. The zero-order chi connectivity index (χ0) is 22.5. The molecule has 3 aliphatic rings. The van der Waals surface area contributed by atoms with E-state index in [1.54, 1.807) is 0 Å². The predicted molar refractivity (Wildman–Crippen MR) is 134 cm³/mol. The fourth-order valence-corrected chi connectivity index (χ4v) is 5.38. The van der Waals surface area contributed by atoms with Gasteiger partial charge < -0.3 is 15.1 Å². The Bertz CT molecular complexity index is 801. The molecule has 32 heavy (non-hydrogen) atoms. The molecule has 0 amide bonds. The summed E-state index contributed by atoms with van der Waals surface area (Å²) >= 11 is 6.13. The first kappa shape index (κ1) is 23.3. The van der Waals surface area contributed by atoms with E-state index in [1.807, 2.05) is 24.3 Å². The molecule has 1 aliphatic carbocycles. The molecule has 1 aromatic carbocycles. The van der Waals surface area contributed by atoms with Gasteiger partial charge in [-0.1, -0.05) is 44.2 Å². The molecule has 7 nitrogen and oxygen atoms in total. The third kappa shape index (κ3) is 5.38. The normalized spacial score (nSPS) is 26.7. The molecule has 0 spiro atoms. The lowest BCUT2D eigenvalue weighted by Crippen LogP contribution is -2.65. The highest BCUT2D eigenvalue weighted by molar-refractivity contribution is 6.30. The molecule has 0 bridgehead atoms. The van der Waals surface area contributed by atoms with Crippen LogP contribution in [0.1, 0.15) is 58.3 Å². The molecule has 1 saturated carbocycles. The zero-order valence-electron chi connectivity index (χ0n) is 19.5. The molecule has 176 valence electrons. The molecule has 1 saturated heterocycles. The van der Waals surface area contributed by atoms with Crippen molar-refractivity contribution in [1.82, 2.24) is 15.1 Å². The number of benzene rings is 1. The van der Waals surface area contributed by atoms with E-state index in [9.17, 15) is 0 Å². The quantitative estimate of drug-likeness (QED) is 0.654. The maximum Gasteiger partial charge on any atom is 0.223 e. The SMILES string of the molecule is CCN1CCCC1CN=C1N=C(N(C)c2ccc(Cl)cc2)N(C2CCCCCC2)C(N)N1. The van der Waals surface area contributed by atoms with Crippen LogP contribution in [0.4, 0.5) is 5.69 Å². The van der Waals surface area contributed by atoms with Crippen LogP contribution in [0.25, 0.3) is 0 Å². The van der Waals surface area contributed by atoms with E-state index in [0.29, 0.717) is 18.0 Å². The second kappa shape index (κ2) is 10.9. The van der Waals surface area contributed by atoms with E-state index in [4.69, 9.17) is 27.3 Å². The topological polar surface area (TPSA) is 72.5 Å². The number of hydrogen-bond donors (Lipinski definition) is 2. The van der Waals surface area contributed by atoms with Gasteiger partial charge in [0.2, 0.25) is 11.9 Å². The molecule has 2 atom stereocenters. The van der Waals surface area contributed by atoms with E-state index >= 15 is 0 Å². The third-order valence-electron chi connectivity index (χ3n) is 7.10. The Kier molecular flexibility index (Phi) is 7.92. The second-order valence-corrected chi connectivity index (χ2v) is 9.61. The van der Waals surface area contributed by atoms with Crippen LogP contribution in [0, 0.1) is 0 Å². The van der Waals surface area contributed by atoms with Crippen LogP contribution in [-0.2, 0) is 0 Å². The van der Waals surface area contributed by atoms with Gasteiger partial charge >= 0.3 is 0 Å². The van der Waals surface area contributed by atoms with Crippen molar-refractivity contribution in [3.63, 3.8) is 0 Å². The number of rotatable bonds is 5. The average Bonchev–Trinajstić information content (AvgIpc) is 3.09. The lowest BCUT2D eigenvalue weighted by Gasteiger charge is -2.44. The van der Waals surface area contributed by atoms with Crippen LogP contribution in [0.5, 0.6) is 0 Å². The summed E-state index contributed by atoms with van der Waals surface area (Å²) in [4.78, 5) is 16.8. The summed E-state index contributed by atoms with van der Waals surface area (Å²) in [5.41, 5.74) is 7.75. The Morgan fingerprint density at radius 3 is 2.53 bits per heavy atom. The summed E-state index contributed by atoms with van der Waals surface area (Å²) in [5.74, 6) is 1.50. The van der Waals surface area contributed by atoms with Crippen LogP contribution >= 0.6 is 11.6 Å². The van der Waals surface area contributed by atoms with Gasteiger partial charge in [0, 0.05) is 29.8 Å². The minimum Gasteiger partial charge on any atom is -0.322 e. The number of guanidine groups is 2. The molecule has 0 radical (unpaired) electrons. The molecular weight excluding hydrogens is 422 g/mol. The van der Waals surface area contributed by atoms with Crippen molar-refractivity contribution >= 4 is 29.2 Å². The van der Waals surface area contributed by atoms with Gasteiger partial charge in [0.25, 0.3) is 0 Å². The molecule has 4 rings (SSSR count). The number of likely N-dealkylation sites (N-methyl/N-ethyl adjacent to an activating group) is 1. The average molecular weight is 460 g/mol. The monoisotopic (exact) mass is 459 g/mol. The molecule has 2 aliphatic heterocycles. The van der Waals surface area contributed by atoms with E-state index in [1.165, 1.54) is 45.1 Å². The number of nitrogens with two attached hydrogens (primary N) is 1. The first-order chi connectivity index (χ1) is 15.6. The summed E-state index contributed by atoms with van der Waals surface area (Å²) in [5, 5.41) is 4.11.